The first kappa shape index (κ1) is 22.7. The molecule has 0 radical (unpaired) electrons. The smallest absolute Gasteiger partial charge is 0.415 e. The molecular formula is C22H28NO5S-. The van der Waals surface area contributed by atoms with Crippen LogP contribution in [0.15, 0.2) is 42.5 Å². The van der Waals surface area contributed by atoms with Crippen molar-refractivity contribution < 1.29 is 22.5 Å². The fraction of sp³-hybridized carbons (Fsp3) is 0.409. The van der Waals surface area contributed by atoms with Crippen LogP contribution in [0, 0.1) is 6.92 Å². The summed E-state index contributed by atoms with van der Waals surface area (Å²) in [4.78, 5) is 12.1. The summed E-state index contributed by atoms with van der Waals surface area (Å²) in [7, 11) is -4.73. The third kappa shape index (κ3) is 5.09. The second-order valence-electron chi connectivity index (χ2n) is 9.09. The SMILES string of the molecule is Cc1cc(C(C)(C)C)c(N(C(=O)[O-])S(=O)(=O)Oc2ccccc2)c(C(C)(C)C)c1. The molecule has 0 unspecified atom stereocenters. The normalized spacial score (nSPS) is 12.5. The fourth-order valence-electron chi connectivity index (χ4n) is 3.07. The van der Waals surface area contributed by atoms with Crippen molar-refractivity contribution in [1.82, 2.24) is 0 Å². The van der Waals surface area contributed by atoms with Crippen molar-refractivity contribution in [2.24, 2.45) is 0 Å². The Labute approximate surface area is 173 Å². The van der Waals surface area contributed by atoms with Crippen molar-refractivity contribution >= 4 is 22.1 Å². The predicted molar refractivity (Wildman–Crippen MR) is 112 cm³/mol. The van der Waals surface area contributed by atoms with E-state index >= 15 is 0 Å². The van der Waals surface area contributed by atoms with Gasteiger partial charge in [0.15, 0.2) is 6.09 Å². The summed E-state index contributed by atoms with van der Waals surface area (Å²) in [6.45, 7) is 13.3. The van der Waals surface area contributed by atoms with Crippen LogP contribution < -0.4 is 13.6 Å². The van der Waals surface area contributed by atoms with Gasteiger partial charge in [-0.3, -0.25) is 0 Å². The molecule has 6 nitrogen and oxygen atoms in total. The molecule has 0 aliphatic carbocycles. The first-order chi connectivity index (χ1) is 13.1. The van der Waals surface area contributed by atoms with E-state index < -0.39 is 27.2 Å². The van der Waals surface area contributed by atoms with Crippen LogP contribution in [0.5, 0.6) is 5.75 Å². The third-order valence-corrected chi connectivity index (χ3v) is 5.59. The van der Waals surface area contributed by atoms with Crippen molar-refractivity contribution in [2.45, 2.75) is 59.3 Å². The Morgan fingerprint density at radius 2 is 1.38 bits per heavy atom. The fourth-order valence-corrected chi connectivity index (χ4v) is 4.10. The number of anilines is 1. The summed E-state index contributed by atoms with van der Waals surface area (Å²) >= 11 is 0. The molecule has 0 aliphatic rings. The predicted octanol–water partition coefficient (Wildman–Crippen LogP) is 4.06. The van der Waals surface area contributed by atoms with E-state index in [9.17, 15) is 18.3 Å². The molecule has 2 aromatic carbocycles. The first-order valence-electron chi connectivity index (χ1n) is 9.31. The molecule has 0 aromatic heterocycles. The summed E-state index contributed by atoms with van der Waals surface area (Å²) in [5.74, 6) is 0.0143. The number of hydrogen-bond acceptors (Lipinski definition) is 5. The number of carbonyl (C=O) groups is 1. The standard InChI is InChI=1S/C22H29NO5S/c1-15-13-17(21(2,3)4)19(18(14-15)22(5,6)7)23(20(24)25)29(26,27)28-16-11-9-8-10-12-16/h8-14H,1-7H3,(H,24,25)/p-1. The Hall–Kier alpha value is -2.54. The zero-order chi connectivity index (χ0) is 22.2. The number of nitrogens with zero attached hydrogens (tertiary/aromatic N) is 1. The molecule has 0 N–H and O–H groups in total. The van der Waals surface area contributed by atoms with Crippen LogP contribution in [-0.4, -0.2) is 14.5 Å². The van der Waals surface area contributed by atoms with Crippen molar-refractivity contribution in [1.29, 1.82) is 0 Å². The second kappa shape index (κ2) is 7.71. The number of amides is 1. The molecule has 0 aliphatic heterocycles. The lowest BCUT2D eigenvalue weighted by atomic mass is 9.77. The Morgan fingerprint density at radius 1 is 0.931 bits per heavy atom. The summed E-state index contributed by atoms with van der Waals surface area (Å²) < 4.78 is 31.5. The first-order valence-corrected chi connectivity index (χ1v) is 10.7. The van der Waals surface area contributed by atoms with E-state index in [2.05, 4.69) is 0 Å². The van der Waals surface area contributed by atoms with E-state index in [0.717, 1.165) is 5.56 Å². The number of carboxylic acid groups (broad SMARTS) is 1. The number of carbonyl (C=O) groups excluding carboxylic acids is 1. The maximum atomic E-state index is 13.1. The van der Waals surface area contributed by atoms with Gasteiger partial charge in [-0.15, -0.1) is 0 Å². The van der Waals surface area contributed by atoms with E-state index in [1.807, 2.05) is 48.5 Å². The average molecular weight is 419 g/mol. The highest BCUT2D eigenvalue weighted by molar-refractivity contribution is 7.89. The maximum absolute atomic E-state index is 13.1. The van der Waals surface area contributed by atoms with Crippen molar-refractivity contribution in [2.75, 3.05) is 4.31 Å². The molecular weight excluding hydrogens is 390 g/mol. The van der Waals surface area contributed by atoms with Gasteiger partial charge in [-0.25, -0.2) is 0 Å². The zero-order valence-electron chi connectivity index (χ0n) is 17.9. The average Bonchev–Trinajstić information content (AvgIpc) is 2.54. The largest absolute Gasteiger partial charge is 0.529 e. The summed E-state index contributed by atoms with van der Waals surface area (Å²) in [5.41, 5.74) is 1.06. The quantitative estimate of drug-likeness (QED) is 0.747. The minimum Gasteiger partial charge on any atom is -0.529 e. The van der Waals surface area contributed by atoms with E-state index in [1.54, 1.807) is 30.3 Å². The van der Waals surface area contributed by atoms with Crippen LogP contribution in [0.25, 0.3) is 0 Å². The second-order valence-corrected chi connectivity index (χ2v) is 10.5. The Bertz CT molecular complexity index is 965. The van der Waals surface area contributed by atoms with Gasteiger partial charge in [0.1, 0.15) is 5.75 Å². The minimum absolute atomic E-state index is 0.0143. The highest BCUT2D eigenvalue weighted by atomic mass is 32.2. The molecule has 7 heteroatoms. The highest BCUT2D eigenvalue weighted by Crippen LogP contribution is 2.42. The van der Waals surface area contributed by atoms with Crippen LogP contribution in [-0.2, 0) is 21.1 Å². The number of rotatable bonds is 4. The molecule has 0 spiro atoms. The number of hydrogen-bond donors (Lipinski definition) is 0. The van der Waals surface area contributed by atoms with Gasteiger partial charge < -0.3 is 14.1 Å². The zero-order valence-corrected chi connectivity index (χ0v) is 18.8. The van der Waals surface area contributed by atoms with E-state index in [-0.39, 0.29) is 15.7 Å². The number of benzene rings is 2. The van der Waals surface area contributed by atoms with Gasteiger partial charge in [-0.1, -0.05) is 77.4 Å². The van der Waals surface area contributed by atoms with E-state index in [4.69, 9.17) is 4.18 Å². The molecule has 0 heterocycles. The minimum atomic E-state index is -4.73. The lowest BCUT2D eigenvalue weighted by Crippen LogP contribution is -2.48. The molecule has 2 aromatic rings. The summed E-state index contributed by atoms with van der Waals surface area (Å²) in [6.07, 6.45) is -1.87. The van der Waals surface area contributed by atoms with E-state index in [0.29, 0.717) is 11.1 Å². The van der Waals surface area contributed by atoms with Crippen molar-refractivity contribution in [3.8, 4) is 5.75 Å². The molecule has 158 valence electrons. The van der Waals surface area contributed by atoms with Gasteiger partial charge in [0.25, 0.3) is 0 Å². The Kier molecular flexibility index (Phi) is 6.04. The van der Waals surface area contributed by atoms with Gasteiger partial charge in [0, 0.05) is 0 Å². The Balaban J connectivity index is 2.84. The lowest BCUT2D eigenvalue weighted by Gasteiger charge is -2.36. The number of aryl methyl sites for hydroxylation is 1. The Morgan fingerprint density at radius 3 is 1.76 bits per heavy atom. The van der Waals surface area contributed by atoms with Crippen molar-refractivity contribution in [3.63, 3.8) is 0 Å². The maximum Gasteiger partial charge on any atom is 0.415 e. The van der Waals surface area contributed by atoms with E-state index in [1.165, 1.54) is 12.1 Å². The van der Waals surface area contributed by atoms with Crippen LogP contribution in [0.2, 0.25) is 0 Å². The van der Waals surface area contributed by atoms with Crippen LogP contribution in [0.4, 0.5) is 10.5 Å². The molecule has 29 heavy (non-hydrogen) atoms. The molecule has 1 amide bonds. The van der Waals surface area contributed by atoms with Gasteiger partial charge >= 0.3 is 10.3 Å². The molecule has 0 bridgehead atoms. The molecule has 0 saturated heterocycles. The van der Waals surface area contributed by atoms with Crippen LogP contribution in [0.1, 0.15) is 58.2 Å². The van der Waals surface area contributed by atoms with Gasteiger partial charge in [0.05, 0.1) is 5.69 Å². The summed E-state index contributed by atoms with van der Waals surface area (Å²) in [5, 5.41) is 12.1. The monoisotopic (exact) mass is 418 g/mol. The van der Waals surface area contributed by atoms with Gasteiger partial charge in [-0.05, 0) is 41.0 Å². The topological polar surface area (TPSA) is 86.7 Å². The number of para-hydroxylation sites is 1. The highest BCUT2D eigenvalue weighted by Gasteiger charge is 2.36. The molecule has 2 rings (SSSR count). The molecule has 0 saturated carbocycles. The van der Waals surface area contributed by atoms with Gasteiger partial charge in [-0.2, -0.15) is 12.7 Å². The molecule has 0 fully saturated rings. The lowest BCUT2D eigenvalue weighted by molar-refractivity contribution is -0.244. The molecule has 0 atom stereocenters. The third-order valence-electron chi connectivity index (χ3n) is 4.41. The van der Waals surface area contributed by atoms with Gasteiger partial charge in [0.2, 0.25) is 0 Å². The summed E-state index contributed by atoms with van der Waals surface area (Å²) in [6, 6.07) is 11.4. The van der Waals surface area contributed by atoms with Crippen LogP contribution in [0.3, 0.4) is 0 Å². The van der Waals surface area contributed by atoms with Crippen molar-refractivity contribution in [3.05, 3.63) is 59.2 Å². The van der Waals surface area contributed by atoms with Crippen LogP contribution >= 0.6 is 0 Å².